The van der Waals surface area contributed by atoms with Crippen LogP contribution in [0.4, 0.5) is 17.6 Å². The molecule has 0 saturated carbocycles. The Labute approximate surface area is 93.1 Å². The van der Waals surface area contributed by atoms with Gasteiger partial charge in [0, 0.05) is 12.5 Å². The topological polar surface area (TPSA) is 38.9 Å². The molecule has 2 aromatic rings. The first-order valence-electron chi connectivity index (χ1n) is 4.55. The Morgan fingerprint density at radius 3 is 2.47 bits per heavy atom. The third-order valence-electron chi connectivity index (χ3n) is 2.06. The highest BCUT2D eigenvalue weighted by Crippen LogP contribution is 2.36. The van der Waals surface area contributed by atoms with Crippen LogP contribution in [0.2, 0.25) is 0 Å². The minimum atomic E-state index is -4.67. The minimum absolute atomic E-state index is 0.137. The van der Waals surface area contributed by atoms with Crippen LogP contribution in [0.5, 0.6) is 0 Å². The highest BCUT2D eigenvalue weighted by molar-refractivity contribution is 5.60. The van der Waals surface area contributed by atoms with Crippen molar-refractivity contribution in [2.24, 2.45) is 0 Å². The van der Waals surface area contributed by atoms with Crippen LogP contribution in [-0.2, 0) is 6.18 Å². The van der Waals surface area contributed by atoms with E-state index in [9.17, 15) is 17.6 Å². The van der Waals surface area contributed by atoms with E-state index in [1.54, 1.807) is 0 Å². The van der Waals surface area contributed by atoms with E-state index in [1.165, 1.54) is 6.92 Å². The van der Waals surface area contributed by atoms with Crippen molar-refractivity contribution >= 4 is 0 Å². The molecule has 0 amide bonds. The molecule has 0 radical (unpaired) electrons. The molecular weight excluding hydrogens is 240 g/mol. The quantitative estimate of drug-likeness (QED) is 0.725. The van der Waals surface area contributed by atoms with Crippen LogP contribution < -0.4 is 0 Å². The molecule has 0 aliphatic rings. The number of nitrogens with zero attached hydrogens (tertiary/aromatic N) is 2. The van der Waals surface area contributed by atoms with E-state index in [4.69, 9.17) is 0 Å². The highest BCUT2D eigenvalue weighted by atomic mass is 19.4. The molecule has 0 fully saturated rings. The van der Waals surface area contributed by atoms with Crippen molar-refractivity contribution in [1.82, 2.24) is 10.1 Å². The van der Waals surface area contributed by atoms with Crippen molar-refractivity contribution in [3.05, 3.63) is 35.5 Å². The van der Waals surface area contributed by atoms with Crippen molar-refractivity contribution in [2.45, 2.75) is 13.1 Å². The van der Waals surface area contributed by atoms with Gasteiger partial charge in [0.1, 0.15) is 5.82 Å². The van der Waals surface area contributed by atoms with Crippen molar-refractivity contribution in [2.75, 3.05) is 0 Å². The van der Waals surface area contributed by atoms with Gasteiger partial charge in [0.25, 0.3) is 0 Å². The molecule has 1 aromatic carbocycles. The molecule has 0 bridgehead atoms. The summed E-state index contributed by atoms with van der Waals surface area (Å²) < 4.78 is 55.4. The van der Waals surface area contributed by atoms with Crippen LogP contribution in [0.1, 0.15) is 11.5 Å². The second-order valence-electron chi connectivity index (χ2n) is 3.32. The fraction of sp³-hybridized carbons (Fsp3) is 0.200. The summed E-state index contributed by atoms with van der Waals surface area (Å²) in [4.78, 5) is 3.68. The number of hydrogen-bond donors (Lipinski definition) is 0. The van der Waals surface area contributed by atoms with Gasteiger partial charge in [-0.1, -0.05) is 5.16 Å². The molecule has 1 heterocycles. The normalized spacial score (nSPS) is 11.8. The number of halogens is 4. The Morgan fingerprint density at radius 2 is 1.94 bits per heavy atom. The number of aryl methyl sites for hydroxylation is 1. The van der Waals surface area contributed by atoms with Crippen molar-refractivity contribution in [3.8, 4) is 11.4 Å². The highest BCUT2D eigenvalue weighted by Gasteiger charge is 2.35. The zero-order chi connectivity index (χ0) is 12.6. The summed E-state index contributed by atoms with van der Waals surface area (Å²) in [5, 5.41) is 3.38. The summed E-state index contributed by atoms with van der Waals surface area (Å²) in [6.07, 6.45) is -4.67. The molecular formula is C10H6F4N2O. The van der Waals surface area contributed by atoms with Gasteiger partial charge in [-0.05, 0) is 18.2 Å². The first-order chi connectivity index (χ1) is 7.88. The minimum Gasteiger partial charge on any atom is -0.339 e. The van der Waals surface area contributed by atoms with Crippen molar-refractivity contribution in [3.63, 3.8) is 0 Å². The Morgan fingerprint density at radius 1 is 1.24 bits per heavy atom. The van der Waals surface area contributed by atoms with Crippen LogP contribution in [0.25, 0.3) is 11.4 Å². The largest absolute Gasteiger partial charge is 0.417 e. The molecule has 0 aliphatic carbocycles. The second-order valence-corrected chi connectivity index (χ2v) is 3.32. The SMILES string of the molecule is Cc1nc(-c2ccc(F)cc2C(F)(F)F)no1. The van der Waals surface area contributed by atoms with Crippen LogP contribution in [0.15, 0.2) is 22.7 Å². The summed E-state index contributed by atoms with van der Waals surface area (Å²) in [6.45, 7) is 1.45. The fourth-order valence-electron chi connectivity index (χ4n) is 1.35. The van der Waals surface area contributed by atoms with Crippen LogP contribution >= 0.6 is 0 Å². The summed E-state index contributed by atoms with van der Waals surface area (Å²) in [6, 6.07) is 2.29. The van der Waals surface area contributed by atoms with Gasteiger partial charge in [-0.3, -0.25) is 0 Å². The third kappa shape index (κ3) is 2.27. The zero-order valence-electron chi connectivity index (χ0n) is 8.55. The molecule has 0 saturated heterocycles. The van der Waals surface area contributed by atoms with Gasteiger partial charge in [-0.25, -0.2) is 4.39 Å². The number of hydrogen-bond acceptors (Lipinski definition) is 3. The van der Waals surface area contributed by atoms with Crippen molar-refractivity contribution < 1.29 is 22.1 Å². The molecule has 2 rings (SSSR count). The van der Waals surface area contributed by atoms with Crippen LogP contribution in [-0.4, -0.2) is 10.1 Å². The molecule has 3 nitrogen and oxygen atoms in total. The molecule has 90 valence electrons. The first-order valence-corrected chi connectivity index (χ1v) is 4.55. The molecule has 0 N–H and O–H groups in total. The van der Waals surface area contributed by atoms with E-state index < -0.39 is 17.6 Å². The average molecular weight is 246 g/mol. The average Bonchev–Trinajstić information content (AvgIpc) is 2.63. The van der Waals surface area contributed by atoms with Crippen LogP contribution in [0.3, 0.4) is 0 Å². The van der Waals surface area contributed by atoms with E-state index >= 15 is 0 Å². The monoisotopic (exact) mass is 246 g/mol. The second kappa shape index (κ2) is 3.83. The van der Waals surface area contributed by atoms with Gasteiger partial charge in [0.15, 0.2) is 0 Å². The molecule has 17 heavy (non-hydrogen) atoms. The first kappa shape index (κ1) is 11.6. The molecule has 7 heteroatoms. The molecule has 0 aliphatic heterocycles. The Balaban J connectivity index is 2.61. The maximum Gasteiger partial charge on any atom is 0.417 e. The van der Waals surface area contributed by atoms with Gasteiger partial charge < -0.3 is 4.52 Å². The lowest BCUT2D eigenvalue weighted by atomic mass is 10.1. The Kier molecular flexibility index (Phi) is 2.60. The van der Waals surface area contributed by atoms with Gasteiger partial charge >= 0.3 is 6.18 Å². The Hall–Kier alpha value is -1.92. The van der Waals surface area contributed by atoms with Crippen LogP contribution in [0, 0.1) is 12.7 Å². The molecule has 1 aromatic heterocycles. The predicted octanol–water partition coefficient (Wildman–Crippen LogP) is 3.20. The van der Waals surface area contributed by atoms with E-state index in [-0.39, 0.29) is 17.3 Å². The van der Waals surface area contributed by atoms with E-state index in [0.29, 0.717) is 6.07 Å². The van der Waals surface area contributed by atoms with Gasteiger partial charge in [-0.15, -0.1) is 0 Å². The van der Waals surface area contributed by atoms with Gasteiger partial charge in [0.05, 0.1) is 5.56 Å². The maximum atomic E-state index is 12.8. The molecule has 0 unspecified atom stereocenters. The number of alkyl halides is 3. The zero-order valence-corrected chi connectivity index (χ0v) is 8.55. The summed E-state index contributed by atoms with van der Waals surface area (Å²) in [5.74, 6) is -1.05. The summed E-state index contributed by atoms with van der Waals surface area (Å²) in [7, 11) is 0. The van der Waals surface area contributed by atoms with E-state index in [0.717, 1.165) is 12.1 Å². The smallest absolute Gasteiger partial charge is 0.339 e. The summed E-state index contributed by atoms with van der Waals surface area (Å²) in [5.41, 5.74) is -1.44. The third-order valence-corrected chi connectivity index (χ3v) is 2.06. The lowest BCUT2D eigenvalue weighted by Crippen LogP contribution is -2.08. The lowest BCUT2D eigenvalue weighted by molar-refractivity contribution is -0.137. The Bertz CT molecular complexity index is 547. The van der Waals surface area contributed by atoms with Crippen molar-refractivity contribution in [1.29, 1.82) is 0 Å². The molecule has 0 atom stereocenters. The number of benzene rings is 1. The standard InChI is InChI=1S/C10H6F4N2O/c1-5-15-9(16-17-5)7-3-2-6(11)4-8(7)10(12,13)14/h2-4H,1H3. The fourth-order valence-corrected chi connectivity index (χ4v) is 1.35. The van der Waals surface area contributed by atoms with E-state index in [1.807, 2.05) is 0 Å². The van der Waals surface area contributed by atoms with E-state index in [2.05, 4.69) is 14.7 Å². The number of aromatic nitrogens is 2. The predicted molar refractivity (Wildman–Crippen MR) is 49.4 cm³/mol. The van der Waals surface area contributed by atoms with Gasteiger partial charge in [-0.2, -0.15) is 18.2 Å². The lowest BCUT2D eigenvalue weighted by Gasteiger charge is -2.10. The molecule has 0 spiro atoms. The number of rotatable bonds is 1. The van der Waals surface area contributed by atoms with Gasteiger partial charge in [0.2, 0.25) is 11.7 Å². The summed E-state index contributed by atoms with van der Waals surface area (Å²) >= 11 is 0. The maximum absolute atomic E-state index is 12.8.